The molecule has 90 valence electrons. The van der Waals surface area contributed by atoms with Crippen molar-refractivity contribution in [2.24, 2.45) is 0 Å². The highest BCUT2D eigenvalue weighted by Crippen LogP contribution is 2.23. The van der Waals surface area contributed by atoms with Crippen LogP contribution in [0.3, 0.4) is 0 Å². The van der Waals surface area contributed by atoms with Crippen molar-refractivity contribution in [3.05, 3.63) is 23.4 Å². The SMILES string of the molecule is COCCCNCCSc1ncccc1Cl. The highest BCUT2D eigenvalue weighted by atomic mass is 35.5. The van der Waals surface area contributed by atoms with E-state index >= 15 is 0 Å². The fourth-order valence-corrected chi connectivity index (χ4v) is 2.23. The lowest BCUT2D eigenvalue weighted by Gasteiger charge is -2.04. The molecule has 1 aromatic heterocycles. The molecule has 0 radical (unpaired) electrons. The first-order valence-electron chi connectivity index (χ1n) is 5.27. The number of hydrogen-bond donors (Lipinski definition) is 1. The molecule has 0 fully saturated rings. The highest BCUT2D eigenvalue weighted by Gasteiger charge is 2.00. The molecule has 0 spiro atoms. The third kappa shape index (κ3) is 5.70. The van der Waals surface area contributed by atoms with Gasteiger partial charge in [0.05, 0.1) is 5.02 Å². The minimum absolute atomic E-state index is 0.729. The van der Waals surface area contributed by atoms with Gasteiger partial charge in [-0.1, -0.05) is 11.6 Å². The summed E-state index contributed by atoms with van der Waals surface area (Å²) in [7, 11) is 1.72. The molecular weight excluding hydrogens is 244 g/mol. The Morgan fingerprint density at radius 1 is 1.50 bits per heavy atom. The van der Waals surface area contributed by atoms with Crippen LogP contribution in [0.5, 0.6) is 0 Å². The number of methoxy groups -OCH3 is 1. The Bertz CT molecular complexity index is 299. The molecule has 0 aromatic carbocycles. The van der Waals surface area contributed by atoms with Crippen molar-refractivity contribution in [1.82, 2.24) is 10.3 Å². The fourth-order valence-electron chi connectivity index (χ4n) is 1.16. The molecule has 1 aromatic rings. The fraction of sp³-hybridized carbons (Fsp3) is 0.545. The zero-order valence-corrected chi connectivity index (χ0v) is 11.0. The van der Waals surface area contributed by atoms with Gasteiger partial charge in [0.15, 0.2) is 0 Å². The molecule has 1 rings (SSSR count). The average molecular weight is 261 g/mol. The maximum absolute atomic E-state index is 5.99. The molecule has 0 unspecified atom stereocenters. The molecule has 16 heavy (non-hydrogen) atoms. The minimum atomic E-state index is 0.729. The van der Waals surface area contributed by atoms with Crippen molar-refractivity contribution < 1.29 is 4.74 Å². The smallest absolute Gasteiger partial charge is 0.115 e. The van der Waals surface area contributed by atoms with Crippen LogP contribution in [0.15, 0.2) is 23.4 Å². The summed E-state index contributed by atoms with van der Waals surface area (Å²) in [5.74, 6) is 0.976. The van der Waals surface area contributed by atoms with E-state index in [-0.39, 0.29) is 0 Å². The van der Waals surface area contributed by atoms with Crippen LogP contribution in [0.2, 0.25) is 5.02 Å². The molecule has 3 nitrogen and oxygen atoms in total. The Labute approximate surface area is 106 Å². The molecule has 0 aliphatic heterocycles. The van der Waals surface area contributed by atoms with E-state index in [1.54, 1.807) is 25.1 Å². The van der Waals surface area contributed by atoms with Crippen LogP contribution in [0.4, 0.5) is 0 Å². The second-order valence-corrected chi connectivity index (χ2v) is 4.73. The van der Waals surface area contributed by atoms with Crippen LogP contribution in [0.25, 0.3) is 0 Å². The molecule has 0 bridgehead atoms. The number of nitrogens with one attached hydrogen (secondary N) is 1. The van der Waals surface area contributed by atoms with Gasteiger partial charge in [-0.2, -0.15) is 0 Å². The molecule has 0 saturated carbocycles. The molecule has 1 heterocycles. The van der Waals surface area contributed by atoms with Crippen molar-refractivity contribution in [2.45, 2.75) is 11.4 Å². The predicted octanol–water partition coefficient (Wildman–Crippen LogP) is 2.45. The summed E-state index contributed by atoms with van der Waals surface area (Å²) < 4.78 is 4.96. The summed E-state index contributed by atoms with van der Waals surface area (Å²) in [4.78, 5) is 4.21. The normalized spacial score (nSPS) is 10.6. The molecule has 0 aliphatic carbocycles. The van der Waals surface area contributed by atoms with Crippen LogP contribution in [-0.4, -0.2) is 37.5 Å². The van der Waals surface area contributed by atoms with Crippen molar-refractivity contribution in [3.63, 3.8) is 0 Å². The van der Waals surface area contributed by atoms with Gasteiger partial charge in [-0.25, -0.2) is 4.98 Å². The third-order valence-electron chi connectivity index (χ3n) is 1.94. The van der Waals surface area contributed by atoms with E-state index in [4.69, 9.17) is 16.3 Å². The van der Waals surface area contributed by atoms with Gasteiger partial charge in [-0.05, 0) is 25.1 Å². The molecule has 0 amide bonds. The van der Waals surface area contributed by atoms with E-state index in [9.17, 15) is 0 Å². The van der Waals surface area contributed by atoms with Gasteiger partial charge < -0.3 is 10.1 Å². The summed E-state index contributed by atoms with van der Waals surface area (Å²) in [5, 5.41) is 4.97. The highest BCUT2D eigenvalue weighted by molar-refractivity contribution is 7.99. The Kier molecular flexibility index (Phi) is 7.59. The van der Waals surface area contributed by atoms with Crippen molar-refractivity contribution in [2.75, 3.05) is 32.6 Å². The van der Waals surface area contributed by atoms with Gasteiger partial charge in [-0.3, -0.25) is 0 Å². The number of aromatic nitrogens is 1. The van der Waals surface area contributed by atoms with Gasteiger partial charge in [0.25, 0.3) is 0 Å². The third-order valence-corrected chi connectivity index (χ3v) is 3.37. The summed E-state index contributed by atoms with van der Waals surface area (Å²) in [6.07, 6.45) is 2.81. The first-order chi connectivity index (χ1) is 7.84. The average Bonchev–Trinajstić information content (AvgIpc) is 2.30. The Morgan fingerprint density at radius 3 is 3.12 bits per heavy atom. The number of thioether (sulfide) groups is 1. The van der Waals surface area contributed by atoms with E-state index in [2.05, 4.69) is 10.3 Å². The number of ether oxygens (including phenoxy) is 1. The topological polar surface area (TPSA) is 34.1 Å². The first-order valence-corrected chi connectivity index (χ1v) is 6.64. The molecule has 1 N–H and O–H groups in total. The van der Waals surface area contributed by atoms with Crippen LogP contribution in [0, 0.1) is 0 Å². The minimum Gasteiger partial charge on any atom is -0.385 e. The predicted molar refractivity (Wildman–Crippen MR) is 69.3 cm³/mol. The summed E-state index contributed by atoms with van der Waals surface area (Å²) in [6.45, 7) is 2.76. The second-order valence-electron chi connectivity index (χ2n) is 3.24. The molecule has 0 atom stereocenters. The second kappa shape index (κ2) is 8.82. The largest absolute Gasteiger partial charge is 0.385 e. The molecule has 5 heteroatoms. The summed E-state index contributed by atoms with van der Waals surface area (Å²) >= 11 is 7.66. The molecular formula is C11H17ClN2OS. The quantitative estimate of drug-likeness (QED) is 0.575. The van der Waals surface area contributed by atoms with Gasteiger partial charge in [0.2, 0.25) is 0 Å². The van der Waals surface area contributed by atoms with E-state index in [1.165, 1.54) is 0 Å². The van der Waals surface area contributed by atoms with Crippen LogP contribution >= 0.6 is 23.4 Å². The van der Waals surface area contributed by atoms with E-state index in [1.807, 2.05) is 12.1 Å². The van der Waals surface area contributed by atoms with Crippen molar-refractivity contribution in [1.29, 1.82) is 0 Å². The number of halogens is 1. The number of hydrogen-bond acceptors (Lipinski definition) is 4. The van der Waals surface area contributed by atoms with Crippen molar-refractivity contribution in [3.8, 4) is 0 Å². The van der Waals surface area contributed by atoms with Crippen LogP contribution < -0.4 is 5.32 Å². The van der Waals surface area contributed by atoms with Gasteiger partial charge in [0.1, 0.15) is 5.03 Å². The Hall–Kier alpha value is -0.290. The van der Waals surface area contributed by atoms with E-state index in [0.717, 1.165) is 41.9 Å². The molecule has 0 aliphatic rings. The lowest BCUT2D eigenvalue weighted by molar-refractivity contribution is 0.194. The van der Waals surface area contributed by atoms with Gasteiger partial charge >= 0.3 is 0 Å². The van der Waals surface area contributed by atoms with E-state index < -0.39 is 0 Å². The zero-order chi connectivity index (χ0) is 11.6. The van der Waals surface area contributed by atoms with E-state index in [0.29, 0.717) is 0 Å². The number of pyridine rings is 1. The molecule has 0 saturated heterocycles. The van der Waals surface area contributed by atoms with Gasteiger partial charge in [0, 0.05) is 32.2 Å². The monoisotopic (exact) mass is 260 g/mol. The van der Waals surface area contributed by atoms with Crippen LogP contribution in [0.1, 0.15) is 6.42 Å². The Morgan fingerprint density at radius 2 is 2.38 bits per heavy atom. The maximum atomic E-state index is 5.99. The summed E-state index contributed by atoms with van der Waals surface area (Å²) in [6, 6.07) is 3.71. The number of rotatable bonds is 8. The Balaban J connectivity index is 2.05. The van der Waals surface area contributed by atoms with Crippen molar-refractivity contribution >= 4 is 23.4 Å². The first kappa shape index (κ1) is 13.8. The lowest BCUT2D eigenvalue weighted by Crippen LogP contribution is -2.19. The van der Waals surface area contributed by atoms with Crippen LogP contribution in [-0.2, 0) is 4.74 Å². The lowest BCUT2D eigenvalue weighted by atomic mass is 10.4. The summed E-state index contributed by atoms with van der Waals surface area (Å²) in [5.41, 5.74) is 0. The number of nitrogens with zero attached hydrogens (tertiary/aromatic N) is 1. The van der Waals surface area contributed by atoms with Gasteiger partial charge in [-0.15, -0.1) is 11.8 Å². The standard InChI is InChI=1S/C11H17ClN2OS/c1-15-8-3-5-13-7-9-16-11-10(12)4-2-6-14-11/h2,4,6,13H,3,5,7-9H2,1H3. The maximum Gasteiger partial charge on any atom is 0.115 e. The zero-order valence-electron chi connectivity index (χ0n) is 9.41.